The summed E-state index contributed by atoms with van der Waals surface area (Å²) in [5.74, 6) is 0.309. The molecular formula is C21H20N2O2. The molecule has 0 aliphatic rings. The van der Waals surface area contributed by atoms with Crippen molar-refractivity contribution in [1.82, 2.24) is 0 Å². The first-order valence-corrected chi connectivity index (χ1v) is 7.79. The molecule has 4 heteroatoms. The molecule has 0 bridgehead atoms. The number of hydrogen-bond donors (Lipinski definition) is 2. The Balaban J connectivity index is 2.38. The van der Waals surface area contributed by atoms with Gasteiger partial charge in [0.15, 0.2) is 0 Å². The number of phenols is 2. The summed E-state index contributed by atoms with van der Waals surface area (Å²) in [7, 11) is 0. The summed E-state index contributed by atoms with van der Waals surface area (Å²) in [4.78, 5) is 8.79. The molecule has 2 aromatic rings. The lowest BCUT2D eigenvalue weighted by Gasteiger charge is -2.02. The number of rotatable bonds is 6. The van der Waals surface area contributed by atoms with Crippen LogP contribution >= 0.6 is 0 Å². The van der Waals surface area contributed by atoms with E-state index in [9.17, 15) is 10.2 Å². The molecule has 2 rings (SSSR count). The Hall–Kier alpha value is -3.40. The first-order valence-electron chi connectivity index (χ1n) is 7.79. The highest BCUT2D eigenvalue weighted by atomic mass is 16.3. The number of allylic oxidation sites excluding steroid dienone is 3. The topological polar surface area (TPSA) is 65.2 Å². The van der Waals surface area contributed by atoms with E-state index in [1.54, 1.807) is 61.0 Å². The summed E-state index contributed by atoms with van der Waals surface area (Å²) in [5.41, 5.74) is 2.35. The fourth-order valence-electron chi connectivity index (χ4n) is 2.05. The van der Waals surface area contributed by atoms with E-state index < -0.39 is 0 Å². The highest BCUT2D eigenvalue weighted by Gasteiger charge is 2.01. The monoisotopic (exact) mass is 332 g/mol. The normalized spacial score (nSPS) is 12.8. The third-order valence-corrected chi connectivity index (χ3v) is 3.34. The molecule has 0 heterocycles. The summed E-state index contributed by atoms with van der Waals surface area (Å²) in [6.45, 7) is 5.66. The van der Waals surface area contributed by atoms with Crippen molar-refractivity contribution in [1.29, 1.82) is 0 Å². The number of phenolic OH excluding ortho intramolecular Hbond substituents is 2. The number of para-hydroxylation sites is 2. The standard InChI is InChI=1S/C21H20N2O2/c1-3-9-19(23-15-17-11-6-8-13-21(17)25)18(4-2)22-14-16-10-5-7-12-20(16)24/h3-15,24-25H,2H2,1H3/b9-3-,19-18-,22-14?,23-15?. The van der Waals surface area contributed by atoms with Crippen molar-refractivity contribution in [2.75, 3.05) is 0 Å². The number of aliphatic imine (C=N–C) groups is 2. The average Bonchev–Trinajstić information content (AvgIpc) is 2.62. The second-order valence-electron chi connectivity index (χ2n) is 5.11. The Morgan fingerprint density at radius 2 is 1.32 bits per heavy atom. The highest BCUT2D eigenvalue weighted by molar-refractivity contribution is 5.85. The molecule has 0 aliphatic carbocycles. The van der Waals surface area contributed by atoms with Gasteiger partial charge in [0.25, 0.3) is 0 Å². The van der Waals surface area contributed by atoms with E-state index in [-0.39, 0.29) is 11.5 Å². The minimum absolute atomic E-state index is 0.153. The zero-order valence-electron chi connectivity index (χ0n) is 14.0. The maximum atomic E-state index is 9.83. The lowest BCUT2D eigenvalue weighted by atomic mass is 10.2. The van der Waals surface area contributed by atoms with Crippen LogP contribution in [-0.2, 0) is 0 Å². The van der Waals surface area contributed by atoms with Crippen LogP contribution in [0.25, 0.3) is 0 Å². The second-order valence-corrected chi connectivity index (χ2v) is 5.11. The number of aromatic hydroxyl groups is 2. The molecule has 0 amide bonds. The molecular weight excluding hydrogens is 312 g/mol. The quantitative estimate of drug-likeness (QED) is 0.599. The summed E-state index contributed by atoms with van der Waals surface area (Å²) in [6, 6.07) is 13.9. The molecule has 0 fully saturated rings. The van der Waals surface area contributed by atoms with E-state index in [2.05, 4.69) is 16.6 Å². The SMILES string of the molecule is C=C/C(N=Cc1ccccc1O)=C(\C=C/C)N=Cc1ccccc1O. The van der Waals surface area contributed by atoms with E-state index in [1.165, 1.54) is 0 Å². The van der Waals surface area contributed by atoms with Gasteiger partial charge in [-0.2, -0.15) is 0 Å². The maximum Gasteiger partial charge on any atom is 0.124 e. The summed E-state index contributed by atoms with van der Waals surface area (Å²) in [6.07, 6.45) is 8.37. The van der Waals surface area contributed by atoms with E-state index >= 15 is 0 Å². The first kappa shape index (κ1) is 17.9. The predicted octanol–water partition coefficient (Wildman–Crippen LogP) is 4.61. The van der Waals surface area contributed by atoms with Crippen LogP contribution in [0.15, 0.2) is 94.7 Å². The van der Waals surface area contributed by atoms with Crippen LogP contribution in [0.4, 0.5) is 0 Å². The van der Waals surface area contributed by atoms with Crippen molar-refractivity contribution >= 4 is 12.4 Å². The molecule has 0 saturated heterocycles. The van der Waals surface area contributed by atoms with Gasteiger partial charge in [0.05, 0.1) is 11.4 Å². The van der Waals surface area contributed by atoms with Gasteiger partial charge in [-0.15, -0.1) is 0 Å². The van der Waals surface area contributed by atoms with E-state index in [1.807, 2.05) is 25.1 Å². The average molecular weight is 332 g/mol. The van der Waals surface area contributed by atoms with Crippen molar-refractivity contribution in [2.24, 2.45) is 9.98 Å². The molecule has 0 spiro atoms. The molecule has 2 N–H and O–H groups in total. The molecule has 0 radical (unpaired) electrons. The van der Waals surface area contributed by atoms with Crippen LogP contribution in [0, 0.1) is 0 Å². The second kappa shape index (κ2) is 9.03. The predicted molar refractivity (Wildman–Crippen MR) is 103 cm³/mol. The van der Waals surface area contributed by atoms with Gasteiger partial charge in [0.2, 0.25) is 0 Å². The third-order valence-electron chi connectivity index (χ3n) is 3.34. The van der Waals surface area contributed by atoms with Gasteiger partial charge in [-0.05, 0) is 43.3 Å². The van der Waals surface area contributed by atoms with E-state index in [0.717, 1.165) is 0 Å². The van der Waals surface area contributed by atoms with Crippen molar-refractivity contribution in [3.05, 3.63) is 95.9 Å². The molecule has 4 nitrogen and oxygen atoms in total. The molecule has 0 unspecified atom stereocenters. The summed E-state index contributed by atoms with van der Waals surface area (Å²) in [5, 5.41) is 19.6. The van der Waals surface area contributed by atoms with E-state index in [0.29, 0.717) is 22.5 Å². The van der Waals surface area contributed by atoms with Crippen molar-refractivity contribution in [3.8, 4) is 11.5 Å². The number of benzene rings is 2. The summed E-state index contributed by atoms with van der Waals surface area (Å²) < 4.78 is 0. The van der Waals surface area contributed by atoms with Crippen molar-refractivity contribution < 1.29 is 10.2 Å². The molecule has 0 aromatic heterocycles. The van der Waals surface area contributed by atoms with Crippen LogP contribution in [0.5, 0.6) is 11.5 Å². The molecule has 126 valence electrons. The Labute approximate surface area is 147 Å². The fourth-order valence-corrected chi connectivity index (χ4v) is 2.05. The Morgan fingerprint density at radius 1 is 0.840 bits per heavy atom. The molecule has 0 aliphatic heterocycles. The van der Waals surface area contributed by atoms with Crippen LogP contribution < -0.4 is 0 Å². The van der Waals surface area contributed by atoms with Crippen molar-refractivity contribution in [2.45, 2.75) is 6.92 Å². The Bertz CT molecular complexity index is 862. The molecule has 2 aromatic carbocycles. The molecule has 0 atom stereocenters. The van der Waals surface area contributed by atoms with Gasteiger partial charge in [-0.1, -0.05) is 36.9 Å². The molecule has 25 heavy (non-hydrogen) atoms. The van der Waals surface area contributed by atoms with Gasteiger partial charge in [0, 0.05) is 23.6 Å². The highest BCUT2D eigenvalue weighted by Crippen LogP contribution is 2.17. The number of hydrogen-bond acceptors (Lipinski definition) is 4. The van der Waals surface area contributed by atoms with Crippen LogP contribution in [0.1, 0.15) is 18.1 Å². The maximum absolute atomic E-state index is 9.83. The molecule has 0 saturated carbocycles. The smallest absolute Gasteiger partial charge is 0.124 e. The zero-order valence-corrected chi connectivity index (χ0v) is 14.0. The van der Waals surface area contributed by atoms with Gasteiger partial charge in [-0.25, -0.2) is 0 Å². The Kier molecular flexibility index (Phi) is 6.48. The van der Waals surface area contributed by atoms with Gasteiger partial charge in [-0.3, -0.25) is 9.98 Å². The summed E-state index contributed by atoms with van der Waals surface area (Å²) >= 11 is 0. The van der Waals surface area contributed by atoms with Crippen LogP contribution in [0.3, 0.4) is 0 Å². The van der Waals surface area contributed by atoms with Crippen LogP contribution in [0.2, 0.25) is 0 Å². The van der Waals surface area contributed by atoms with Crippen molar-refractivity contribution in [3.63, 3.8) is 0 Å². The zero-order chi connectivity index (χ0) is 18.1. The largest absolute Gasteiger partial charge is 0.507 e. The van der Waals surface area contributed by atoms with Crippen LogP contribution in [-0.4, -0.2) is 22.6 Å². The van der Waals surface area contributed by atoms with Gasteiger partial charge in [0.1, 0.15) is 11.5 Å². The first-order chi connectivity index (χ1) is 12.2. The van der Waals surface area contributed by atoms with Gasteiger partial charge >= 0.3 is 0 Å². The van der Waals surface area contributed by atoms with Gasteiger partial charge < -0.3 is 10.2 Å². The minimum atomic E-state index is 0.153. The third kappa shape index (κ3) is 5.04. The lowest BCUT2D eigenvalue weighted by Crippen LogP contribution is -1.88. The minimum Gasteiger partial charge on any atom is -0.507 e. The lowest BCUT2D eigenvalue weighted by molar-refractivity contribution is 0.474. The fraction of sp³-hybridized carbons (Fsp3) is 0.0476. The Morgan fingerprint density at radius 3 is 1.76 bits per heavy atom. The number of nitrogens with zero attached hydrogens (tertiary/aromatic N) is 2. The van der Waals surface area contributed by atoms with E-state index in [4.69, 9.17) is 0 Å².